The van der Waals surface area contributed by atoms with E-state index in [-0.39, 0.29) is 6.79 Å². The van der Waals surface area contributed by atoms with Crippen molar-refractivity contribution >= 4 is 5.91 Å². The summed E-state index contributed by atoms with van der Waals surface area (Å²) in [5.41, 5.74) is 11.6. The fourth-order valence-electron chi connectivity index (χ4n) is 4.05. The third-order valence-electron chi connectivity index (χ3n) is 5.44. The number of hydrogen-bond donors (Lipinski definition) is 1. The summed E-state index contributed by atoms with van der Waals surface area (Å²) in [6.07, 6.45) is 1.72. The third-order valence-corrected chi connectivity index (χ3v) is 5.44. The molecule has 2 N–H and O–H groups in total. The summed E-state index contributed by atoms with van der Waals surface area (Å²) in [5, 5.41) is 9.11. The van der Waals surface area contributed by atoms with Gasteiger partial charge in [-0.15, -0.1) is 0 Å². The maximum atomic E-state index is 12.4. The molecule has 1 aliphatic heterocycles. The highest BCUT2D eigenvalue weighted by Gasteiger charge is 2.25. The van der Waals surface area contributed by atoms with E-state index < -0.39 is 5.91 Å². The number of primary amides is 1. The van der Waals surface area contributed by atoms with Crippen LogP contribution in [0.3, 0.4) is 0 Å². The Morgan fingerprint density at radius 3 is 2.57 bits per heavy atom. The first kappa shape index (κ1) is 19.6. The number of nitriles is 1. The molecule has 2 heterocycles. The second kappa shape index (κ2) is 7.96. The molecule has 0 spiro atoms. The number of hydrogen-bond acceptors (Lipinski definition) is 4. The summed E-state index contributed by atoms with van der Waals surface area (Å²) in [4.78, 5) is 12.4. The zero-order chi connectivity index (χ0) is 21.3. The molecule has 1 amide bonds. The number of nitrogens with zero attached hydrogens (tertiary/aromatic N) is 2. The Bertz CT molecular complexity index is 1150. The van der Waals surface area contributed by atoms with Crippen LogP contribution in [0.25, 0.3) is 11.1 Å². The molecule has 0 unspecified atom stereocenters. The average Bonchev–Trinajstić information content (AvgIpc) is 3.31. The van der Waals surface area contributed by atoms with E-state index in [1.54, 1.807) is 12.1 Å². The molecule has 0 atom stereocenters. The monoisotopic (exact) mass is 401 g/mol. The molecule has 30 heavy (non-hydrogen) atoms. The molecule has 152 valence electrons. The minimum atomic E-state index is -0.450. The maximum Gasteiger partial charge on any atom is 0.251 e. The van der Waals surface area contributed by atoms with Crippen LogP contribution in [0, 0.1) is 18.3 Å². The molecule has 1 aliphatic rings. The molecular weight excluding hydrogens is 378 g/mol. The number of carbonyl (C=O) groups excluding carboxylic acids is 1. The van der Waals surface area contributed by atoms with Crippen LogP contribution in [-0.2, 0) is 13.0 Å². The van der Waals surface area contributed by atoms with Gasteiger partial charge in [-0.05, 0) is 48.7 Å². The molecule has 0 saturated heterocycles. The van der Waals surface area contributed by atoms with Crippen LogP contribution in [0.5, 0.6) is 11.5 Å². The van der Waals surface area contributed by atoms with E-state index >= 15 is 0 Å². The molecule has 0 aliphatic carbocycles. The molecule has 6 heteroatoms. The Kier molecular flexibility index (Phi) is 5.20. The van der Waals surface area contributed by atoms with Crippen LogP contribution < -0.4 is 15.2 Å². The summed E-state index contributed by atoms with van der Waals surface area (Å²) in [5.74, 6) is 1.03. The van der Waals surface area contributed by atoms with Gasteiger partial charge in [-0.2, -0.15) is 5.26 Å². The summed E-state index contributed by atoms with van der Waals surface area (Å²) in [7, 11) is 0. The summed E-state index contributed by atoms with van der Waals surface area (Å²) in [6, 6.07) is 15.3. The molecular formula is C24H23N3O3. The topological polar surface area (TPSA) is 90.3 Å². The molecule has 1 aromatic heterocycles. The van der Waals surface area contributed by atoms with Crippen molar-refractivity contribution in [2.75, 3.05) is 6.79 Å². The standard InChI is InChI=1S/C24H23N3O3/c1-3-4-19-23(18-8-5-16(12-25)6-9-18)22(24(26)28)15(2)27(19)13-17-7-10-20-21(11-17)30-14-29-20/h5-11H,3-4,13-14H2,1-2H3,(H2,26,28). The number of aromatic nitrogens is 1. The van der Waals surface area contributed by atoms with Gasteiger partial charge >= 0.3 is 0 Å². The van der Waals surface area contributed by atoms with E-state index in [1.807, 2.05) is 37.3 Å². The predicted octanol–water partition coefficient (Wildman–Crippen LogP) is 4.16. The molecule has 0 bridgehead atoms. The van der Waals surface area contributed by atoms with Crippen molar-refractivity contribution in [1.82, 2.24) is 4.57 Å². The van der Waals surface area contributed by atoms with E-state index in [2.05, 4.69) is 17.6 Å². The van der Waals surface area contributed by atoms with Crippen LogP contribution in [0.2, 0.25) is 0 Å². The number of benzene rings is 2. The first-order chi connectivity index (χ1) is 14.5. The Labute approximate surface area is 175 Å². The predicted molar refractivity (Wildman–Crippen MR) is 113 cm³/mol. The highest BCUT2D eigenvalue weighted by Crippen LogP contribution is 2.36. The second-order valence-corrected chi connectivity index (χ2v) is 7.36. The van der Waals surface area contributed by atoms with Gasteiger partial charge in [0.1, 0.15) is 0 Å². The van der Waals surface area contributed by atoms with Gasteiger partial charge in [0.25, 0.3) is 5.91 Å². The molecule has 4 rings (SSSR count). The van der Waals surface area contributed by atoms with Gasteiger partial charge in [0.2, 0.25) is 6.79 Å². The van der Waals surface area contributed by atoms with Crippen LogP contribution in [0.15, 0.2) is 42.5 Å². The highest BCUT2D eigenvalue weighted by atomic mass is 16.7. The Balaban J connectivity index is 1.85. The van der Waals surface area contributed by atoms with Crippen LogP contribution in [-0.4, -0.2) is 17.3 Å². The fourth-order valence-corrected chi connectivity index (χ4v) is 4.05. The zero-order valence-electron chi connectivity index (χ0n) is 17.1. The summed E-state index contributed by atoms with van der Waals surface area (Å²) in [6.45, 7) is 4.87. The fraction of sp³-hybridized carbons (Fsp3) is 0.250. The van der Waals surface area contributed by atoms with Crippen LogP contribution >= 0.6 is 0 Å². The van der Waals surface area contributed by atoms with Crippen molar-refractivity contribution < 1.29 is 14.3 Å². The van der Waals surface area contributed by atoms with E-state index in [1.165, 1.54) is 0 Å². The lowest BCUT2D eigenvalue weighted by molar-refractivity contribution is 0.1000. The number of fused-ring (bicyclic) bond motifs is 1. The number of nitrogens with two attached hydrogens (primary N) is 1. The minimum Gasteiger partial charge on any atom is -0.454 e. The Morgan fingerprint density at radius 2 is 1.90 bits per heavy atom. The molecule has 0 fully saturated rings. The van der Waals surface area contributed by atoms with Gasteiger partial charge in [0.05, 0.1) is 17.2 Å². The normalized spacial score (nSPS) is 12.0. The van der Waals surface area contributed by atoms with Gasteiger partial charge in [0.15, 0.2) is 11.5 Å². The molecule has 0 saturated carbocycles. The van der Waals surface area contributed by atoms with Crippen LogP contribution in [0.1, 0.15) is 46.2 Å². The van der Waals surface area contributed by atoms with Crippen LogP contribution in [0.4, 0.5) is 0 Å². The Hall–Kier alpha value is -3.72. The van der Waals surface area contributed by atoms with E-state index in [4.69, 9.17) is 20.5 Å². The van der Waals surface area contributed by atoms with Crippen molar-refractivity contribution in [3.8, 4) is 28.7 Å². The van der Waals surface area contributed by atoms with Crippen molar-refractivity contribution in [3.05, 3.63) is 70.5 Å². The highest BCUT2D eigenvalue weighted by molar-refractivity contribution is 6.02. The number of ether oxygens (including phenoxy) is 2. The summed E-state index contributed by atoms with van der Waals surface area (Å²) < 4.78 is 13.1. The molecule has 0 radical (unpaired) electrons. The average molecular weight is 401 g/mol. The zero-order valence-corrected chi connectivity index (χ0v) is 17.1. The Morgan fingerprint density at radius 1 is 1.17 bits per heavy atom. The van der Waals surface area contributed by atoms with E-state index in [0.29, 0.717) is 17.7 Å². The summed E-state index contributed by atoms with van der Waals surface area (Å²) >= 11 is 0. The first-order valence-corrected chi connectivity index (χ1v) is 9.94. The SMILES string of the molecule is CCCc1c(-c2ccc(C#N)cc2)c(C(N)=O)c(C)n1Cc1ccc2c(c1)OCO2. The first-order valence-electron chi connectivity index (χ1n) is 9.94. The quantitative estimate of drug-likeness (QED) is 0.671. The van der Waals surface area contributed by atoms with Gasteiger partial charge in [0, 0.05) is 23.5 Å². The second-order valence-electron chi connectivity index (χ2n) is 7.36. The lowest BCUT2D eigenvalue weighted by Gasteiger charge is -2.13. The lowest BCUT2D eigenvalue weighted by Crippen LogP contribution is -2.13. The van der Waals surface area contributed by atoms with Gasteiger partial charge in [-0.3, -0.25) is 4.79 Å². The van der Waals surface area contributed by atoms with Gasteiger partial charge in [-0.1, -0.05) is 31.5 Å². The number of rotatable bonds is 6. The molecule has 3 aromatic rings. The third kappa shape index (κ3) is 3.39. The maximum absolute atomic E-state index is 12.4. The minimum absolute atomic E-state index is 0.233. The van der Waals surface area contributed by atoms with Gasteiger partial charge in [-0.25, -0.2) is 0 Å². The van der Waals surface area contributed by atoms with Crippen molar-refractivity contribution in [1.29, 1.82) is 5.26 Å². The number of carbonyl (C=O) groups is 1. The van der Waals surface area contributed by atoms with Crippen molar-refractivity contribution in [3.63, 3.8) is 0 Å². The lowest BCUT2D eigenvalue weighted by atomic mass is 9.97. The van der Waals surface area contributed by atoms with Gasteiger partial charge < -0.3 is 19.8 Å². The molecule has 6 nitrogen and oxygen atoms in total. The smallest absolute Gasteiger partial charge is 0.251 e. The molecule has 2 aromatic carbocycles. The van der Waals surface area contributed by atoms with Crippen molar-refractivity contribution in [2.45, 2.75) is 33.2 Å². The largest absolute Gasteiger partial charge is 0.454 e. The van der Waals surface area contributed by atoms with E-state index in [9.17, 15) is 4.79 Å². The van der Waals surface area contributed by atoms with E-state index in [0.717, 1.165) is 52.4 Å². The number of amides is 1. The van der Waals surface area contributed by atoms with Crippen molar-refractivity contribution in [2.24, 2.45) is 5.73 Å².